The molecule has 0 amide bonds. The Morgan fingerprint density at radius 3 is 2.52 bits per heavy atom. The van der Waals surface area contributed by atoms with Gasteiger partial charge in [-0.05, 0) is 59.7 Å². The van der Waals surface area contributed by atoms with Crippen molar-refractivity contribution in [2.45, 2.75) is 20.4 Å². The summed E-state index contributed by atoms with van der Waals surface area (Å²) in [5, 5.41) is 14.6. The molecule has 3 aromatic rings. The van der Waals surface area contributed by atoms with Gasteiger partial charge in [-0.3, -0.25) is 0 Å². The van der Waals surface area contributed by atoms with Crippen molar-refractivity contribution >= 4 is 5.69 Å². The van der Waals surface area contributed by atoms with Gasteiger partial charge in [-0.25, -0.2) is 4.68 Å². The first-order chi connectivity index (χ1) is 10.2. The molecular weight excluding hydrogens is 262 g/mol. The van der Waals surface area contributed by atoms with E-state index < -0.39 is 0 Å². The van der Waals surface area contributed by atoms with Gasteiger partial charge < -0.3 is 5.32 Å². The molecule has 5 nitrogen and oxygen atoms in total. The van der Waals surface area contributed by atoms with Crippen LogP contribution in [0.2, 0.25) is 0 Å². The van der Waals surface area contributed by atoms with E-state index in [1.54, 1.807) is 11.0 Å². The number of anilines is 1. The van der Waals surface area contributed by atoms with Crippen LogP contribution in [-0.2, 0) is 6.54 Å². The number of nitrogens with zero attached hydrogens (tertiary/aromatic N) is 4. The van der Waals surface area contributed by atoms with E-state index >= 15 is 0 Å². The quantitative estimate of drug-likeness (QED) is 0.798. The number of tetrazole rings is 1. The highest BCUT2D eigenvalue weighted by molar-refractivity contribution is 5.49. The molecule has 0 aliphatic heterocycles. The molecule has 0 radical (unpaired) electrons. The minimum absolute atomic E-state index is 0.816. The number of benzene rings is 2. The third-order valence-corrected chi connectivity index (χ3v) is 3.46. The third-order valence-electron chi connectivity index (χ3n) is 3.46. The zero-order valence-electron chi connectivity index (χ0n) is 12.1. The molecule has 3 rings (SSSR count). The second-order valence-electron chi connectivity index (χ2n) is 5.08. The molecule has 0 aliphatic carbocycles. The minimum atomic E-state index is 0.816. The minimum Gasteiger partial charge on any atom is -0.381 e. The van der Waals surface area contributed by atoms with Crippen LogP contribution in [0.4, 0.5) is 5.69 Å². The molecule has 0 spiro atoms. The van der Waals surface area contributed by atoms with Crippen LogP contribution in [0.25, 0.3) is 5.69 Å². The molecule has 2 aromatic carbocycles. The van der Waals surface area contributed by atoms with E-state index in [4.69, 9.17) is 0 Å². The number of hydrogen-bond donors (Lipinski definition) is 1. The number of nitrogens with one attached hydrogen (secondary N) is 1. The van der Waals surface area contributed by atoms with E-state index in [1.165, 1.54) is 16.7 Å². The Morgan fingerprint density at radius 2 is 1.86 bits per heavy atom. The lowest BCUT2D eigenvalue weighted by Gasteiger charge is -2.10. The van der Waals surface area contributed by atoms with Gasteiger partial charge in [0.25, 0.3) is 0 Å². The van der Waals surface area contributed by atoms with Crippen LogP contribution in [0.15, 0.2) is 48.8 Å². The van der Waals surface area contributed by atoms with Crippen LogP contribution in [0.5, 0.6) is 0 Å². The van der Waals surface area contributed by atoms with Crippen molar-refractivity contribution in [1.82, 2.24) is 20.2 Å². The fourth-order valence-electron chi connectivity index (χ4n) is 2.25. The summed E-state index contributed by atoms with van der Waals surface area (Å²) in [6.07, 6.45) is 1.58. The second kappa shape index (κ2) is 5.75. The lowest BCUT2D eigenvalue weighted by molar-refractivity contribution is 0.789. The number of aromatic nitrogens is 4. The maximum Gasteiger partial charge on any atom is 0.143 e. The first kappa shape index (κ1) is 13.3. The van der Waals surface area contributed by atoms with E-state index in [1.807, 2.05) is 24.3 Å². The van der Waals surface area contributed by atoms with Crippen LogP contribution < -0.4 is 5.32 Å². The SMILES string of the molecule is Cc1ccc(CNc2ccc(-n3cnnn3)cc2)c(C)c1. The second-order valence-corrected chi connectivity index (χ2v) is 5.08. The average molecular weight is 279 g/mol. The van der Waals surface area contributed by atoms with E-state index in [2.05, 4.69) is 52.9 Å². The van der Waals surface area contributed by atoms with Gasteiger partial charge in [0.1, 0.15) is 6.33 Å². The van der Waals surface area contributed by atoms with Crippen molar-refractivity contribution in [3.63, 3.8) is 0 Å². The molecule has 0 fully saturated rings. The molecule has 0 atom stereocenters. The van der Waals surface area contributed by atoms with Crippen LogP contribution in [-0.4, -0.2) is 20.2 Å². The summed E-state index contributed by atoms with van der Waals surface area (Å²) in [4.78, 5) is 0. The third kappa shape index (κ3) is 3.08. The van der Waals surface area contributed by atoms with E-state index in [0.717, 1.165) is 17.9 Å². The Bertz CT molecular complexity index is 717. The first-order valence-electron chi connectivity index (χ1n) is 6.86. The summed E-state index contributed by atoms with van der Waals surface area (Å²) in [6, 6.07) is 14.6. The molecule has 0 saturated heterocycles. The standard InChI is InChI=1S/C16H17N5/c1-12-3-4-14(13(2)9-12)10-17-15-5-7-16(8-6-15)21-11-18-19-20-21/h3-9,11,17H,10H2,1-2H3. The highest BCUT2D eigenvalue weighted by Gasteiger charge is 2.00. The monoisotopic (exact) mass is 279 g/mol. The molecule has 0 bridgehead atoms. The molecule has 0 saturated carbocycles. The summed E-state index contributed by atoms with van der Waals surface area (Å²) < 4.78 is 1.63. The van der Waals surface area contributed by atoms with Crippen molar-refractivity contribution in [1.29, 1.82) is 0 Å². The summed E-state index contributed by atoms with van der Waals surface area (Å²) in [7, 11) is 0. The normalized spacial score (nSPS) is 10.6. The number of rotatable bonds is 4. The smallest absolute Gasteiger partial charge is 0.143 e. The van der Waals surface area contributed by atoms with Gasteiger partial charge >= 0.3 is 0 Å². The lowest BCUT2D eigenvalue weighted by Crippen LogP contribution is -2.02. The Labute approximate surface area is 123 Å². The predicted molar refractivity (Wildman–Crippen MR) is 82.4 cm³/mol. The number of hydrogen-bond acceptors (Lipinski definition) is 4. The van der Waals surface area contributed by atoms with Crippen LogP contribution >= 0.6 is 0 Å². The van der Waals surface area contributed by atoms with Crippen LogP contribution in [0.3, 0.4) is 0 Å². The molecule has 1 N–H and O–H groups in total. The molecule has 0 aliphatic rings. The molecule has 1 heterocycles. The largest absolute Gasteiger partial charge is 0.381 e. The molecule has 106 valence electrons. The van der Waals surface area contributed by atoms with Gasteiger partial charge in [-0.15, -0.1) is 5.10 Å². The summed E-state index contributed by atoms with van der Waals surface area (Å²) >= 11 is 0. The maximum atomic E-state index is 3.86. The Balaban J connectivity index is 1.68. The van der Waals surface area contributed by atoms with Gasteiger partial charge in [0, 0.05) is 12.2 Å². The van der Waals surface area contributed by atoms with E-state index in [0.29, 0.717) is 0 Å². The van der Waals surface area contributed by atoms with Gasteiger partial charge in [0.15, 0.2) is 0 Å². The van der Waals surface area contributed by atoms with E-state index in [-0.39, 0.29) is 0 Å². The Hall–Kier alpha value is -2.69. The highest BCUT2D eigenvalue weighted by Crippen LogP contribution is 2.15. The van der Waals surface area contributed by atoms with Gasteiger partial charge in [0.2, 0.25) is 0 Å². The van der Waals surface area contributed by atoms with Crippen LogP contribution in [0.1, 0.15) is 16.7 Å². The van der Waals surface area contributed by atoms with Crippen LogP contribution in [0, 0.1) is 13.8 Å². The van der Waals surface area contributed by atoms with Gasteiger partial charge in [-0.1, -0.05) is 23.8 Å². The molecule has 5 heteroatoms. The fraction of sp³-hybridized carbons (Fsp3) is 0.188. The summed E-state index contributed by atoms with van der Waals surface area (Å²) in [5.41, 5.74) is 5.93. The van der Waals surface area contributed by atoms with Gasteiger partial charge in [0.05, 0.1) is 5.69 Å². The lowest BCUT2D eigenvalue weighted by atomic mass is 10.1. The first-order valence-corrected chi connectivity index (χ1v) is 6.86. The summed E-state index contributed by atoms with van der Waals surface area (Å²) in [6.45, 7) is 5.07. The molecule has 1 aromatic heterocycles. The predicted octanol–water partition coefficient (Wildman–Crippen LogP) is 2.89. The Kier molecular flexibility index (Phi) is 3.64. The highest BCUT2D eigenvalue weighted by atomic mass is 15.5. The van der Waals surface area contributed by atoms with Crippen molar-refractivity contribution in [3.05, 3.63) is 65.5 Å². The van der Waals surface area contributed by atoms with Crippen molar-refractivity contribution in [2.24, 2.45) is 0 Å². The van der Waals surface area contributed by atoms with Crippen molar-refractivity contribution in [2.75, 3.05) is 5.32 Å². The van der Waals surface area contributed by atoms with Gasteiger partial charge in [-0.2, -0.15) is 0 Å². The molecular formula is C16H17N5. The zero-order chi connectivity index (χ0) is 14.7. The maximum absolute atomic E-state index is 3.86. The zero-order valence-corrected chi connectivity index (χ0v) is 12.1. The van der Waals surface area contributed by atoms with Crippen molar-refractivity contribution in [3.8, 4) is 5.69 Å². The van der Waals surface area contributed by atoms with Crippen molar-refractivity contribution < 1.29 is 0 Å². The molecule has 21 heavy (non-hydrogen) atoms. The molecule has 0 unspecified atom stereocenters. The average Bonchev–Trinajstić information content (AvgIpc) is 3.01. The summed E-state index contributed by atoms with van der Waals surface area (Å²) in [5.74, 6) is 0. The number of aryl methyl sites for hydroxylation is 2. The topological polar surface area (TPSA) is 55.6 Å². The fourth-order valence-corrected chi connectivity index (χ4v) is 2.25. The Morgan fingerprint density at radius 1 is 1.05 bits per heavy atom. The van der Waals surface area contributed by atoms with E-state index in [9.17, 15) is 0 Å².